The molecule has 0 aromatic carbocycles. The molecule has 4 heteroatoms. The molecule has 1 aromatic heterocycles. The van der Waals surface area contributed by atoms with E-state index in [1.807, 2.05) is 5.51 Å². The average molecular weight is 191 g/mol. The third kappa shape index (κ3) is 1.92. The van der Waals surface area contributed by atoms with Crippen molar-refractivity contribution >= 4 is 23.7 Å². The lowest BCUT2D eigenvalue weighted by Gasteiger charge is -1.92. The van der Waals surface area contributed by atoms with Gasteiger partial charge in [0.05, 0.1) is 11.2 Å². The fourth-order valence-electron chi connectivity index (χ4n) is 1.23. The van der Waals surface area contributed by atoms with Crippen LogP contribution in [0.2, 0.25) is 0 Å². The number of hydrogen-bond acceptors (Lipinski definition) is 3. The molecule has 0 saturated carbocycles. The summed E-state index contributed by atoms with van der Waals surface area (Å²) in [5.41, 5.74) is 3.27. The molecule has 0 fully saturated rings. The molecule has 0 bridgehead atoms. The monoisotopic (exact) mass is 190 g/mol. The lowest BCUT2D eigenvalue weighted by molar-refractivity contribution is 0.708. The zero-order valence-electron chi connectivity index (χ0n) is 6.17. The third-order valence-electron chi connectivity index (χ3n) is 1.79. The molecule has 0 amide bonds. The second kappa shape index (κ2) is 4.04. The molecule has 62 valence electrons. The summed E-state index contributed by atoms with van der Waals surface area (Å²) in [6, 6.07) is 0. The maximum Gasteiger partial charge on any atom is 0.0797 e. The molecule has 0 unspecified atom stereocenters. The first-order valence-corrected chi connectivity index (χ1v) is 4.47. The number of fused-ring (bicyclic) bond motifs is 1. The van der Waals surface area contributed by atoms with Gasteiger partial charge in [-0.3, -0.25) is 0 Å². The second-order valence-electron chi connectivity index (χ2n) is 2.47. The summed E-state index contributed by atoms with van der Waals surface area (Å²) < 4.78 is 0. The van der Waals surface area contributed by atoms with Gasteiger partial charge in [0.15, 0.2) is 0 Å². The molecule has 2 nitrogen and oxygen atoms in total. The van der Waals surface area contributed by atoms with Crippen LogP contribution >= 0.6 is 23.7 Å². The first-order chi connectivity index (χ1) is 4.97. The second-order valence-corrected chi connectivity index (χ2v) is 3.41. The average Bonchev–Trinajstić information content (AvgIpc) is 2.28. The summed E-state index contributed by atoms with van der Waals surface area (Å²) in [6.45, 7) is 2.21. The predicted octanol–water partition coefficient (Wildman–Crippen LogP) is 1.25. The Morgan fingerprint density at radius 2 is 2.18 bits per heavy atom. The van der Waals surface area contributed by atoms with E-state index in [2.05, 4.69) is 10.3 Å². The Balaban J connectivity index is 0.000000605. The highest BCUT2D eigenvalue weighted by Crippen LogP contribution is 2.15. The van der Waals surface area contributed by atoms with Gasteiger partial charge in [0, 0.05) is 24.4 Å². The number of hydrogen-bond donors (Lipinski definition) is 1. The fourth-order valence-corrected chi connectivity index (χ4v) is 2.05. The van der Waals surface area contributed by atoms with E-state index in [0.29, 0.717) is 0 Å². The van der Waals surface area contributed by atoms with E-state index in [0.717, 1.165) is 19.5 Å². The Kier molecular flexibility index (Phi) is 3.30. The Morgan fingerprint density at radius 3 is 3.09 bits per heavy atom. The van der Waals surface area contributed by atoms with Gasteiger partial charge in [-0.15, -0.1) is 23.7 Å². The van der Waals surface area contributed by atoms with Crippen molar-refractivity contribution in [1.29, 1.82) is 0 Å². The van der Waals surface area contributed by atoms with Crippen molar-refractivity contribution in [3.05, 3.63) is 16.1 Å². The molecule has 0 saturated heterocycles. The van der Waals surface area contributed by atoms with E-state index in [1.165, 1.54) is 17.0 Å². The third-order valence-corrected chi connectivity index (χ3v) is 2.73. The molecular weight excluding hydrogens is 180 g/mol. The van der Waals surface area contributed by atoms with Crippen LogP contribution in [0.15, 0.2) is 5.51 Å². The SMILES string of the molecule is Cl.c1nc2c(s1)CCNCC2. The quantitative estimate of drug-likeness (QED) is 0.666. The van der Waals surface area contributed by atoms with Gasteiger partial charge < -0.3 is 5.32 Å². The van der Waals surface area contributed by atoms with Crippen molar-refractivity contribution in [3.63, 3.8) is 0 Å². The van der Waals surface area contributed by atoms with Crippen molar-refractivity contribution in [2.24, 2.45) is 0 Å². The zero-order valence-corrected chi connectivity index (χ0v) is 7.80. The van der Waals surface area contributed by atoms with E-state index in [4.69, 9.17) is 0 Å². The maximum absolute atomic E-state index is 4.30. The summed E-state index contributed by atoms with van der Waals surface area (Å²) >= 11 is 1.79. The molecule has 0 aliphatic carbocycles. The summed E-state index contributed by atoms with van der Waals surface area (Å²) in [7, 11) is 0. The lowest BCUT2D eigenvalue weighted by atomic mass is 10.2. The molecule has 0 spiro atoms. The minimum Gasteiger partial charge on any atom is -0.316 e. The topological polar surface area (TPSA) is 24.9 Å². The molecule has 2 rings (SSSR count). The van der Waals surface area contributed by atoms with Crippen molar-refractivity contribution in [2.75, 3.05) is 13.1 Å². The highest BCUT2D eigenvalue weighted by Gasteiger charge is 2.08. The van der Waals surface area contributed by atoms with Crippen LogP contribution in [0.4, 0.5) is 0 Å². The molecule has 1 aliphatic heterocycles. The van der Waals surface area contributed by atoms with Gasteiger partial charge in [0.25, 0.3) is 0 Å². The van der Waals surface area contributed by atoms with Crippen molar-refractivity contribution in [3.8, 4) is 0 Å². The van der Waals surface area contributed by atoms with Gasteiger partial charge in [0.1, 0.15) is 0 Å². The molecule has 2 heterocycles. The Hall–Kier alpha value is -0.120. The number of nitrogens with zero attached hydrogens (tertiary/aromatic N) is 1. The zero-order chi connectivity index (χ0) is 6.81. The maximum atomic E-state index is 4.30. The van der Waals surface area contributed by atoms with Crippen molar-refractivity contribution < 1.29 is 0 Å². The minimum absolute atomic E-state index is 0. The number of aromatic nitrogens is 1. The highest BCUT2D eigenvalue weighted by atomic mass is 35.5. The van der Waals surface area contributed by atoms with Crippen LogP contribution in [0.3, 0.4) is 0 Å². The van der Waals surface area contributed by atoms with Gasteiger partial charge in [-0.1, -0.05) is 0 Å². The van der Waals surface area contributed by atoms with E-state index < -0.39 is 0 Å². The molecule has 1 N–H and O–H groups in total. The first-order valence-electron chi connectivity index (χ1n) is 3.59. The minimum atomic E-state index is 0. The number of rotatable bonds is 0. The van der Waals surface area contributed by atoms with Crippen LogP contribution in [0.1, 0.15) is 10.6 Å². The van der Waals surface area contributed by atoms with Crippen molar-refractivity contribution in [2.45, 2.75) is 12.8 Å². The van der Waals surface area contributed by atoms with E-state index in [-0.39, 0.29) is 12.4 Å². The highest BCUT2D eigenvalue weighted by molar-refractivity contribution is 7.09. The summed E-state index contributed by atoms with van der Waals surface area (Å²) in [4.78, 5) is 5.77. The van der Waals surface area contributed by atoms with Crippen LogP contribution in [0, 0.1) is 0 Å². The van der Waals surface area contributed by atoms with E-state index >= 15 is 0 Å². The van der Waals surface area contributed by atoms with Crippen molar-refractivity contribution in [1.82, 2.24) is 10.3 Å². The molecule has 0 atom stereocenters. The van der Waals surface area contributed by atoms with Gasteiger partial charge >= 0.3 is 0 Å². The largest absolute Gasteiger partial charge is 0.316 e. The predicted molar refractivity (Wildman–Crippen MR) is 49.6 cm³/mol. The summed E-state index contributed by atoms with van der Waals surface area (Å²) in [6.07, 6.45) is 2.28. The summed E-state index contributed by atoms with van der Waals surface area (Å²) in [5.74, 6) is 0. The molecular formula is C7H11ClN2S. The smallest absolute Gasteiger partial charge is 0.0797 e. The summed E-state index contributed by atoms with van der Waals surface area (Å²) in [5, 5.41) is 3.35. The van der Waals surface area contributed by atoms with Gasteiger partial charge in [-0.2, -0.15) is 0 Å². The van der Waals surface area contributed by atoms with Crippen LogP contribution in [-0.2, 0) is 12.8 Å². The van der Waals surface area contributed by atoms with Crippen LogP contribution in [0.5, 0.6) is 0 Å². The Morgan fingerprint density at radius 1 is 1.36 bits per heavy atom. The first kappa shape index (κ1) is 8.97. The molecule has 0 radical (unpaired) electrons. The van der Waals surface area contributed by atoms with Gasteiger partial charge in [0.2, 0.25) is 0 Å². The molecule has 1 aliphatic rings. The molecule has 11 heavy (non-hydrogen) atoms. The van der Waals surface area contributed by atoms with E-state index in [9.17, 15) is 0 Å². The number of halogens is 1. The van der Waals surface area contributed by atoms with E-state index in [1.54, 1.807) is 11.3 Å². The van der Waals surface area contributed by atoms with Gasteiger partial charge in [-0.25, -0.2) is 4.98 Å². The Bertz CT molecular complexity index is 203. The number of nitrogens with one attached hydrogen (secondary N) is 1. The Labute approximate surface area is 76.4 Å². The molecule has 1 aromatic rings. The normalized spacial score (nSPS) is 16.4. The van der Waals surface area contributed by atoms with Crippen LogP contribution in [0.25, 0.3) is 0 Å². The lowest BCUT2D eigenvalue weighted by Crippen LogP contribution is -2.16. The van der Waals surface area contributed by atoms with Crippen LogP contribution in [-0.4, -0.2) is 18.1 Å². The van der Waals surface area contributed by atoms with Gasteiger partial charge in [-0.05, 0) is 6.42 Å². The number of thiazole rings is 1. The standard InChI is InChI=1S/C7H10N2S.ClH/c1-3-8-4-2-7-6(1)9-5-10-7;/h5,8H,1-4H2;1H. The fraction of sp³-hybridized carbons (Fsp3) is 0.571. The van der Waals surface area contributed by atoms with Crippen LogP contribution < -0.4 is 5.32 Å².